The van der Waals surface area contributed by atoms with Crippen molar-refractivity contribution in [2.45, 2.75) is 57.7 Å². The van der Waals surface area contributed by atoms with Crippen molar-refractivity contribution in [3.63, 3.8) is 0 Å². The lowest BCUT2D eigenvalue weighted by Crippen LogP contribution is -2.41. The van der Waals surface area contributed by atoms with Gasteiger partial charge < -0.3 is 15.3 Å². The first-order valence-electron chi connectivity index (χ1n) is 7.98. The topological polar surface area (TPSA) is 35.5 Å². The Morgan fingerprint density at radius 3 is 2.80 bits per heavy atom. The Hall–Kier alpha value is -1.06. The molecule has 1 atom stereocenters. The zero-order valence-corrected chi connectivity index (χ0v) is 12.4. The highest BCUT2D eigenvalue weighted by atomic mass is 16.3. The van der Waals surface area contributed by atoms with Crippen molar-refractivity contribution in [2.24, 2.45) is 0 Å². The standard InChI is InChI=1S/C17H26N2O/c1-13-10-16(19-9-3-2-4-17(19)12-20)8-5-14(13)11-18-15-6-7-15/h5,8,10,15,17-18,20H,2-4,6-7,9,11-12H2,1H3. The molecule has 0 aromatic heterocycles. The molecule has 1 aliphatic carbocycles. The first kappa shape index (κ1) is 13.9. The summed E-state index contributed by atoms with van der Waals surface area (Å²) in [5, 5.41) is 13.1. The van der Waals surface area contributed by atoms with Crippen molar-refractivity contribution in [3.05, 3.63) is 29.3 Å². The molecule has 20 heavy (non-hydrogen) atoms. The van der Waals surface area contributed by atoms with E-state index in [-0.39, 0.29) is 6.61 Å². The van der Waals surface area contributed by atoms with Crippen molar-refractivity contribution >= 4 is 5.69 Å². The summed E-state index contributed by atoms with van der Waals surface area (Å²) in [6.07, 6.45) is 6.26. The summed E-state index contributed by atoms with van der Waals surface area (Å²) in [5.41, 5.74) is 4.03. The summed E-state index contributed by atoms with van der Waals surface area (Å²) in [6.45, 7) is 4.53. The quantitative estimate of drug-likeness (QED) is 0.866. The molecule has 1 saturated heterocycles. The van der Waals surface area contributed by atoms with Gasteiger partial charge in [-0.2, -0.15) is 0 Å². The normalized spacial score (nSPS) is 23.1. The highest BCUT2D eigenvalue weighted by Crippen LogP contribution is 2.27. The molecule has 0 bridgehead atoms. The zero-order valence-electron chi connectivity index (χ0n) is 12.4. The zero-order chi connectivity index (χ0) is 13.9. The van der Waals surface area contributed by atoms with Gasteiger partial charge in [-0.25, -0.2) is 0 Å². The third-order valence-corrected chi connectivity index (χ3v) is 4.65. The van der Waals surface area contributed by atoms with E-state index >= 15 is 0 Å². The largest absolute Gasteiger partial charge is 0.394 e. The van der Waals surface area contributed by atoms with Gasteiger partial charge in [0.25, 0.3) is 0 Å². The Morgan fingerprint density at radius 1 is 1.25 bits per heavy atom. The number of benzene rings is 1. The van der Waals surface area contributed by atoms with Gasteiger partial charge in [0.1, 0.15) is 0 Å². The molecule has 1 saturated carbocycles. The second-order valence-corrected chi connectivity index (χ2v) is 6.29. The van der Waals surface area contributed by atoms with Crippen LogP contribution in [-0.4, -0.2) is 30.3 Å². The third kappa shape index (κ3) is 3.15. The molecule has 2 N–H and O–H groups in total. The van der Waals surface area contributed by atoms with Crippen LogP contribution in [0.1, 0.15) is 43.2 Å². The molecule has 1 aromatic carbocycles. The van der Waals surface area contributed by atoms with Crippen molar-refractivity contribution in [1.82, 2.24) is 5.32 Å². The maximum Gasteiger partial charge on any atom is 0.0635 e. The summed E-state index contributed by atoms with van der Waals surface area (Å²) in [4.78, 5) is 2.38. The molecule has 1 aromatic rings. The lowest BCUT2D eigenvalue weighted by molar-refractivity contribution is 0.240. The van der Waals surface area contributed by atoms with Crippen LogP contribution in [0.3, 0.4) is 0 Å². The van der Waals surface area contributed by atoms with Crippen LogP contribution in [0.15, 0.2) is 18.2 Å². The Bertz CT molecular complexity index is 456. The van der Waals surface area contributed by atoms with E-state index in [0.717, 1.165) is 25.6 Å². The highest BCUT2D eigenvalue weighted by molar-refractivity contribution is 5.52. The van der Waals surface area contributed by atoms with Gasteiger partial charge in [-0.05, 0) is 62.3 Å². The van der Waals surface area contributed by atoms with Crippen molar-refractivity contribution in [1.29, 1.82) is 0 Å². The molecule has 0 amide bonds. The molecule has 3 nitrogen and oxygen atoms in total. The van der Waals surface area contributed by atoms with E-state index in [4.69, 9.17) is 0 Å². The van der Waals surface area contributed by atoms with Gasteiger partial charge in [0, 0.05) is 24.8 Å². The molecule has 3 heteroatoms. The van der Waals surface area contributed by atoms with Crippen LogP contribution in [0.4, 0.5) is 5.69 Å². The van der Waals surface area contributed by atoms with E-state index in [1.807, 2.05) is 0 Å². The number of anilines is 1. The molecule has 3 rings (SSSR count). The molecule has 2 fully saturated rings. The number of piperidine rings is 1. The average molecular weight is 274 g/mol. The van der Waals surface area contributed by atoms with Gasteiger partial charge >= 0.3 is 0 Å². The van der Waals surface area contributed by atoms with Gasteiger partial charge in [-0.15, -0.1) is 0 Å². The van der Waals surface area contributed by atoms with Crippen LogP contribution < -0.4 is 10.2 Å². The fourth-order valence-corrected chi connectivity index (χ4v) is 3.13. The van der Waals surface area contributed by atoms with Crippen LogP contribution in [0.5, 0.6) is 0 Å². The summed E-state index contributed by atoms with van der Waals surface area (Å²) in [6, 6.07) is 7.83. The Labute approximate surface area is 122 Å². The van der Waals surface area contributed by atoms with Crippen LogP contribution >= 0.6 is 0 Å². The molecular formula is C17H26N2O. The predicted octanol–water partition coefficient (Wildman–Crippen LogP) is 2.60. The van der Waals surface area contributed by atoms with Crippen LogP contribution in [-0.2, 0) is 6.54 Å². The molecule has 0 radical (unpaired) electrons. The maximum atomic E-state index is 9.55. The number of aliphatic hydroxyl groups excluding tert-OH is 1. The summed E-state index contributed by atoms with van der Waals surface area (Å²) in [5.74, 6) is 0. The van der Waals surface area contributed by atoms with E-state index in [9.17, 15) is 5.11 Å². The second-order valence-electron chi connectivity index (χ2n) is 6.29. The molecule has 110 valence electrons. The fraction of sp³-hybridized carbons (Fsp3) is 0.647. The van der Waals surface area contributed by atoms with Gasteiger partial charge in [0.15, 0.2) is 0 Å². The number of aryl methyl sites for hydroxylation is 1. The number of nitrogens with zero attached hydrogens (tertiary/aromatic N) is 1. The van der Waals surface area contributed by atoms with Crippen molar-refractivity contribution < 1.29 is 5.11 Å². The molecule has 0 spiro atoms. The SMILES string of the molecule is Cc1cc(N2CCCCC2CO)ccc1CNC1CC1. The lowest BCUT2D eigenvalue weighted by Gasteiger charge is -2.36. The molecular weight excluding hydrogens is 248 g/mol. The summed E-state index contributed by atoms with van der Waals surface area (Å²) >= 11 is 0. The summed E-state index contributed by atoms with van der Waals surface area (Å²) < 4.78 is 0. The van der Waals surface area contributed by atoms with Crippen molar-refractivity contribution in [2.75, 3.05) is 18.1 Å². The fourth-order valence-electron chi connectivity index (χ4n) is 3.13. The highest BCUT2D eigenvalue weighted by Gasteiger charge is 2.23. The van der Waals surface area contributed by atoms with Crippen LogP contribution in [0.2, 0.25) is 0 Å². The Kier molecular flexibility index (Phi) is 4.27. The van der Waals surface area contributed by atoms with Gasteiger partial charge in [0.2, 0.25) is 0 Å². The summed E-state index contributed by atoms with van der Waals surface area (Å²) in [7, 11) is 0. The van der Waals surface area contributed by atoms with E-state index < -0.39 is 0 Å². The first-order chi connectivity index (χ1) is 9.78. The molecule has 2 aliphatic rings. The number of hydrogen-bond acceptors (Lipinski definition) is 3. The number of aliphatic hydroxyl groups is 1. The van der Waals surface area contributed by atoms with Gasteiger partial charge in [-0.3, -0.25) is 0 Å². The van der Waals surface area contributed by atoms with E-state index in [0.29, 0.717) is 6.04 Å². The predicted molar refractivity (Wildman–Crippen MR) is 83.1 cm³/mol. The van der Waals surface area contributed by atoms with E-state index in [1.54, 1.807) is 0 Å². The average Bonchev–Trinajstić information content (AvgIpc) is 3.30. The molecule has 1 unspecified atom stereocenters. The van der Waals surface area contributed by atoms with E-state index in [1.165, 1.54) is 42.5 Å². The van der Waals surface area contributed by atoms with Gasteiger partial charge in [0.05, 0.1) is 12.6 Å². The minimum Gasteiger partial charge on any atom is -0.394 e. The maximum absolute atomic E-state index is 9.55. The Morgan fingerprint density at radius 2 is 2.10 bits per heavy atom. The number of rotatable bonds is 5. The second kappa shape index (κ2) is 6.15. The Balaban J connectivity index is 1.70. The van der Waals surface area contributed by atoms with Crippen LogP contribution in [0, 0.1) is 6.92 Å². The molecule has 1 aliphatic heterocycles. The molecule has 1 heterocycles. The van der Waals surface area contributed by atoms with Crippen molar-refractivity contribution in [3.8, 4) is 0 Å². The minimum atomic E-state index is 0.268. The minimum absolute atomic E-state index is 0.268. The number of nitrogens with one attached hydrogen (secondary N) is 1. The number of hydrogen-bond donors (Lipinski definition) is 2. The van der Waals surface area contributed by atoms with Crippen LogP contribution in [0.25, 0.3) is 0 Å². The monoisotopic (exact) mass is 274 g/mol. The third-order valence-electron chi connectivity index (χ3n) is 4.65. The smallest absolute Gasteiger partial charge is 0.0635 e. The first-order valence-corrected chi connectivity index (χ1v) is 7.98. The van der Waals surface area contributed by atoms with E-state index in [2.05, 4.69) is 35.3 Å². The van der Waals surface area contributed by atoms with Gasteiger partial charge in [-0.1, -0.05) is 6.07 Å². The lowest BCUT2D eigenvalue weighted by atomic mass is 10.00.